The highest BCUT2D eigenvalue weighted by Crippen LogP contribution is 2.33. The summed E-state index contributed by atoms with van der Waals surface area (Å²) in [5.41, 5.74) is 7.07. The monoisotopic (exact) mass is 389 g/mol. The molecule has 1 unspecified atom stereocenters. The molecular weight excluding hydrogens is 376 g/mol. The fourth-order valence-electron chi connectivity index (χ4n) is 2.40. The van der Waals surface area contributed by atoms with Gasteiger partial charge >= 0.3 is 6.43 Å². The van der Waals surface area contributed by atoms with Gasteiger partial charge in [-0.25, -0.2) is 9.67 Å². The van der Waals surface area contributed by atoms with Crippen molar-refractivity contribution >= 4 is 17.2 Å². The van der Waals surface area contributed by atoms with E-state index in [0.29, 0.717) is 16.4 Å². The fraction of sp³-hybridized carbons (Fsp3) is 0.188. The zero-order chi connectivity index (χ0) is 19.0. The minimum atomic E-state index is -2.79. The summed E-state index contributed by atoms with van der Waals surface area (Å²) in [5.74, 6) is -0.186. The zero-order valence-electron chi connectivity index (χ0n) is 14.0. The lowest BCUT2D eigenvalue weighted by Gasteiger charge is -2.08. The van der Waals surface area contributed by atoms with Gasteiger partial charge in [0, 0.05) is 16.6 Å². The molecule has 1 atom stereocenters. The van der Waals surface area contributed by atoms with Crippen LogP contribution in [0.1, 0.15) is 30.2 Å². The Labute approximate surface area is 155 Å². The molecule has 4 aromatic heterocycles. The van der Waals surface area contributed by atoms with Crippen molar-refractivity contribution in [2.45, 2.75) is 19.4 Å². The fourth-order valence-corrected chi connectivity index (χ4v) is 3.37. The summed E-state index contributed by atoms with van der Waals surface area (Å²) in [5, 5.41) is 15.3. The Bertz CT molecular complexity index is 1060. The van der Waals surface area contributed by atoms with E-state index in [1.54, 1.807) is 29.2 Å². The van der Waals surface area contributed by atoms with Crippen molar-refractivity contribution in [1.29, 1.82) is 0 Å². The third-order valence-corrected chi connectivity index (χ3v) is 5.11. The molecule has 0 aliphatic carbocycles. The Morgan fingerprint density at radius 2 is 2.00 bits per heavy atom. The van der Waals surface area contributed by atoms with Crippen LogP contribution in [0.15, 0.2) is 41.1 Å². The molecule has 0 saturated carbocycles. The maximum Gasteiger partial charge on any atom is 0.314 e. The van der Waals surface area contributed by atoms with Crippen LogP contribution in [0.5, 0.6) is 0 Å². The second kappa shape index (κ2) is 6.83. The van der Waals surface area contributed by atoms with E-state index >= 15 is 0 Å². The molecule has 4 heterocycles. The first kappa shape index (κ1) is 17.2. The van der Waals surface area contributed by atoms with Crippen LogP contribution >= 0.6 is 11.3 Å². The number of nitrogen functional groups attached to an aromatic ring is 1. The van der Waals surface area contributed by atoms with Crippen molar-refractivity contribution in [3.8, 4) is 22.0 Å². The molecule has 0 amide bonds. The first-order valence-corrected chi connectivity index (χ1v) is 8.68. The van der Waals surface area contributed by atoms with Crippen molar-refractivity contribution in [1.82, 2.24) is 30.2 Å². The third kappa shape index (κ3) is 3.40. The summed E-state index contributed by atoms with van der Waals surface area (Å²) < 4.78 is 31.9. The van der Waals surface area contributed by atoms with Crippen molar-refractivity contribution in [2.75, 3.05) is 5.73 Å². The molecule has 0 fully saturated rings. The van der Waals surface area contributed by atoms with E-state index in [1.807, 2.05) is 19.1 Å². The molecule has 0 aromatic carbocycles. The molecular formula is C16H13F2N7OS. The van der Waals surface area contributed by atoms with Crippen LogP contribution in [0.2, 0.25) is 0 Å². The second-order valence-corrected chi connectivity index (χ2v) is 6.80. The number of nitrogens with zero attached hydrogens (tertiary/aromatic N) is 6. The van der Waals surface area contributed by atoms with E-state index in [4.69, 9.17) is 10.2 Å². The van der Waals surface area contributed by atoms with Crippen molar-refractivity contribution in [3.63, 3.8) is 0 Å². The van der Waals surface area contributed by atoms with Gasteiger partial charge in [0.15, 0.2) is 0 Å². The van der Waals surface area contributed by atoms with Gasteiger partial charge in [-0.1, -0.05) is 5.21 Å². The first-order valence-electron chi connectivity index (χ1n) is 7.86. The van der Waals surface area contributed by atoms with Gasteiger partial charge in [-0.15, -0.1) is 26.6 Å². The summed E-state index contributed by atoms with van der Waals surface area (Å²) >= 11 is 1.36. The standard InChI is InChI=1S/C16H13F2N7OS/c1-8(25-7-10(21-24-25)9-2-5-13(19)20-6-9)11-3-4-12(27-11)15-22-23-16(26-15)14(17)18/h2-8,14H,1H3,(H2,19,20). The van der Waals surface area contributed by atoms with E-state index in [0.717, 1.165) is 10.4 Å². The highest BCUT2D eigenvalue weighted by Gasteiger charge is 2.20. The molecule has 8 nitrogen and oxygen atoms in total. The summed E-state index contributed by atoms with van der Waals surface area (Å²) in [6.07, 6.45) is 0.646. The number of nitrogens with two attached hydrogens (primary N) is 1. The van der Waals surface area contributed by atoms with Gasteiger partial charge in [-0.2, -0.15) is 8.78 Å². The van der Waals surface area contributed by atoms with Crippen LogP contribution in [0.25, 0.3) is 22.0 Å². The number of thiophene rings is 1. The predicted octanol–water partition coefficient (Wildman–Crippen LogP) is 3.58. The van der Waals surface area contributed by atoms with Crippen LogP contribution in [-0.2, 0) is 0 Å². The molecule has 2 N–H and O–H groups in total. The van der Waals surface area contributed by atoms with E-state index in [9.17, 15) is 8.78 Å². The molecule has 0 aliphatic heterocycles. The molecule has 11 heteroatoms. The van der Waals surface area contributed by atoms with Crippen molar-refractivity contribution in [3.05, 3.63) is 47.4 Å². The lowest BCUT2D eigenvalue weighted by molar-refractivity contribution is 0.116. The minimum absolute atomic E-state index is 0.0704. The van der Waals surface area contributed by atoms with E-state index < -0.39 is 12.3 Å². The Balaban J connectivity index is 1.55. The van der Waals surface area contributed by atoms with Gasteiger partial charge in [0.25, 0.3) is 11.8 Å². The summed E-state index contributed by atoms with van der Waals surface area (Å²) in [4.78, 5) is 5.59. The average molecular weight is 389 g/mol. The second-order valence-electron chi connectivity index (χ2n) is 5.68. The van der Waals surface area contributed by atoms with Crippen LogP contribution < -0.4 is 5.73 Å². The Morgan fingerprint density at radius 3 is 2.70 bits per heavy atom. The molecule has 4 rings (SSSR count). The molecule has 27 heavy (non-hydrogen) atoms. The largest absolute Gasteiger partial charge is 0.414 e. The molecule has 4 aromatic rings. The van der Waals surface area contributed by atoms with Crippen LogP contribution in [0, 0.1) is 0 Å². The Hall–Kier alpha value is -3.21. The van der Waals surface area contributed by atoms with Gasteiger partial charge in [0.2, 0.25) is 0 Å². The zero-order valence-corrected chi connectivity index (χ0v) is 14.8. The molecule has 0 aliphatic rings. The van der Waals surface area contributed by atoms with Gasteiger partial charge < -0.3 is 10.2 Å². The lowest BCUT2D eigenvalue weighted by Crippen LogP contribution is -2.05. The number of alkyl halides is 2. The van der Waals surface area contributed by atoms with E-state index in [2.05, 4.69) is 25.5 Å². The molecule has 0 bridgehead atoms. The van der Waals surface area contributed by atoms with Gasteiger partial charge in [-0.3, -0.25) is 0 Å². The summed E-state index contributed by atoms with van der Waals surface area (Å²) in [6.45, 7) is 1.95. The highest BCUT2D eigenvalue weighted by atomic mass is 32.1. The highest BCUT2D eigenvalue weighted by molar-refractivity contribution is 7.15. The van der Waals surface area contributed by atoms with Crippen LogP contribution in [0.4, 0.5) is 14.6 Å². The molecule has 0 saturated heterocycles. The normalized spacial score (nSPS) is 12.6. The minimum Gasteiger partial charge on any atom is -0.414 e. The summed E-state index contributed by atoms with van der Waals surface area (Å²) in [6, 6.07) is 7.01. The number of halogens is 2. The van der Waals surface area contributed by atoms with Crippen molar-refractivity contribution in [2.24, 2.45) is 0 Å². The van der Waals surface area contributed by atoms with Gasteiger partial charge in [-0.05, 0) is 31.2 Å². The topological polar surface area (TPSA) is 109 Å². The van der Waals surface area contributed by atoms with E-state index in [-0.39, 0.29) is 11.9 Å². The Morgan fingerprint density at radius 1 is 1.15 bits per heavy atom. The number of rotatable bonds is 5. The van der Waals surface area contributed by atoms with Gasteiger partial charge in [0.1, 0.15) is 11.5 Å². The third-order valence-electron chi connectivity index (χ3n) is 3.87. The number of hydrogen-bond acceptors (Lipinski definition) is 8. The molecule has 0 spiro atoms. The first-order chi connectivity index (χ1) is 13.0. The van der Waals surface area contributed by atoms with Crippen LogP contribution in [0.3, 0.4) is 0 Å². The average Bonchev–Trinajstić information content (AvgIpc) is 3.40. The maximum atomic E-state index is 12.6. The quantitative estimate of drug-likeness (QED) is 0.556. The Kier molecular flexibility index (Phi) is 4.36. The van der Waals surface area contributed by atoms with Gasteiger partial charge in [0.05, 0.1) is 17.1 Å². The number of anilines is 1. The lowest BCUT2D eigenvalue weighted by atomic mass is 10.2. The maximum absolute atomic E-state index is 12.6. The smallest absolute Gasteiger partial charge is 0.314 e. The number of pyridine rings is 1. The van der Waals surface area contributed by atoms with Crippen LogP contribution in [-0.4, -0.2) is 30.2 Å². The molecule has 138 valence electrons. The molecule has 0 radical (unpaired) electrons. The predicted molar refractivity (Wildman–Crippen MR) is 94.0 cm³/mol. The number of hydrogen-bond donors (Lipinski definition) is 1. The number of aromatic nitrogens is 6. The van der Waals surface area contributed by atoms with E-state index in [1.165, 1.54) is 11.3 Å². The summed E-state index contributed by atoms with van der Waals surface area (Å²) in [7, 11) is 0. The SMILES string of the molecule is CC(c1ccc(-c2nnc(C(F)F)o2)s1)n1cc(-c2ccc(N)nc2)nn1. The van der Waals surface area contributed by atoms with Crippen molar-refractivity contribution < 1.29 is 13.2 Å².